The smallest absolute Gasteiger partial charge is 0.248 e. The largest absolute Gasteiger partial charge is 0.383 e. The number of piperidine rings is 1. The van der Waals surface area contributed by atoms with Crippen LogP contribution in [0.3, 0.4) is 0 Å². The predicted octanol–water partition coefficient (Wildman–Crippen LogP) is 1.21. The summed E-state index contributed by atoms with van der Waals surface area (Å²) >= 11 is 0. The van der Waals surface area contributed by atoms with Gasteiger partial charge in [0.15, 0.2) is 0 Å². The lowest BCUT2D eigenvalue weighted by Crippen LogP contribution is -2.56. The van der Waals surface area contributed by atoms with Crippen molar-refractivity contribution in [2.24, 2.45) is 0 Å². The summed E-state index contributed by atoms with van der Waals surface area (Å²) in [5.74, 6) is 0.0217. The van der Waals surface area contributed by atoms with E-state index in [4.69, 9.17) is 4.74 Å². The van der Waals surface area contributed by atoms with Crippen molar-refractivity contribution in [3.8, 4) is 0 Å². The van der Waals surface area contributed by atoms with Gasteiger partial charge in [0, 0.05) is 39.1 Å². The van der Waals surface area contributed by atoms with Gasteiger partial charge in [0.2, 0.25) is 11.8 Å². The summed E-state index contributed by atoms with van der Waals surface area (Å²) < 4.78 is 6.75. The molecule has 1 aliphatic heterocycles. The van der Waals surface area contributed by atoms with E-state index >= 15 is 0 Å². The van der Waals surface area contributed by atoms with Crippen LogP contribution in [-0.4, -0.2) is 59.8 Å². The highest BCUT2D eigenvalue weighted by Gasteiger charge is 2.44. The third-order valence-corrected chi connectivity index (χ3v) is 5.10. The van der Waals surface area contributed by atoms with Crippen molar-refractivity contribution in [2.45, 2.75) is 24.8 Å². The van der Waals surface area contributed by atoms with Gasteiger partial charge in [-0.2, -0.15) is 5.10 Å². The number of benzene rings is 1. The first-order valence-corrected chi connectivity index (χ1v) is 9.25. The Balaban J connectivity index is 1.66. The number of rotatable bonds is 7. The lowest BCUT2D eigenvalue weighted by molar-refractivity contribution is -0.139. The quantitative estimate of drug-likeness (QED) is 0.743. The minimum Gasteiger partial charge on any atom is -0.383 e. The minimum atomic E-state index is -0.763. The van der Waals surface area contributed by atoms with Crippen LogP contribution in [0.25, 0.3) is 0 Å². The average molecular weight is 370 g/mol. The standard InChI is InChI=1S/C20H26N4O3/c1-27-15-11-21-19(26)20(24-12-5-10-22-24)8-13-23(14-9-20)18(25)16-17-6-3-2-4-7-17/h2-7,10,12H,8-9,11,13-16H2,1H3,(H,21,26). The molecule has 2 amide bonds. The maximum atomic E-state index is 12.9. The summed E-state index contributed by atoms with van der Waals surface area (Å²) in [5.41, 5.74) is 0.240. The van der Waals surface area contributed by atoms with Crippen molar-refractivity contribution in [2.75, 3.05) is 33.4 Å². The van der Waals surface area contributed by atoms with Crippen LogP contribution >= 0.6 is 0 Å². The van der Waals surface area contributed by atoms with E-state index < -0.39 is 5.54 Å². The molecule has 1 aliphatic rings. The highest BCUT2D eigenvalue weighted by atomic mass is 16.5. The Bertz CT molecular complexity index is 738. The van der Waals surface area contributed by atoms with E-state index in [2.05, 4.69) is 10.4 Å². The van der Waals surface area contributed by atoms with Gasteiger partial charge in [-0.3, -0.25) is 14.3 Å². The van der Waals surface area contributed by atoms with Gasteiger partial charge in [0.1, 0.15) is 5.54 Å². The van der Waals surface area contributed by atoms with Gasteiger partial charge in [-0.1, -0.05) is 30.3 Å². The topological polar surface area (TPSA) is 76.5 Å². The molecule has 0 radical (unpaired) electrons. The molecule has 0 saturated carbocycles. The van der Waals surface area contributed by atoms with Gasteiger partial charge in [-0.05, 0) is 24.5 Å². The summed E-state index contributed by atoms with van der Waals surface area (Å²) in [7, 11) is 1.60. The lowest BCUT2D eigenvalue weighted by Gasteiger charge is -2.40. The molecule has 1 N–H and O–H groups in total. The van der Waals surface area contributed by atoms with Crippen molar-refractivity contribution < 1.29 is 14.3 Å². The first kappa shape index (κ1) is 19.1. The number of carbonyl (C=O) groups is 2. The molecule has 27 heavy (non-hydrogen) atoms. The second-order valence-corrected chi connectivity index (χ2v) is 6.77. The van der Waals surface area contributed by atoms with E-state index in [0.717, 1.165) is 5.56 Å². The monoisotopic (exact) mass is 370 g/mol. The lowest BCUT2D eigenvalue weighted by atomic mass is 9.86. The Morgan fingerprint density at radius 1 is 1.19 bits per heavy atom. The molecule has 7 nitrogen and oxygen atoms in total. The zero-order valence-corrected chi connectivity index (χ0v) is 15.6. The molecule has 1 aromatic carbocycles. The SMILES string of the molecule is COCCNC(=O)C1(n2cccn2)CCN(C(=O)Cc2ccccc2)CC1. The van der Waals surface area contributed by atoms with Crippen molar-refractivity contribution >= 4 is 11.8 Å². The highest BCUT2D eigenvalue weighted by Crippen LogP contribution is 2.30. The van der Waals surface area contributed by atoms with Crippen molar-refractivity contribution in [3.63, 3.8) is 0 Å². The fourth-order valence-electron chi connectivity index (χ4n) is 3.52. The molecule has 1 saturated heterocycles. The van der Waals surface area contributed by atoms with Gasteiger partial charge >= 0.3 is 0 Å². The fourth-order valence-corrected chi connectivity index (χ4v) is 3.52. The molecule has 0 atom stereocenters. The molecule has 144 valence electrons. The molecule has 0 bridgehead atoms. The first-order valence-electron chi connectivity index (χ1n) is 9.25. The summed E-state index contributed by atoms with van der Waals surface area (Å²) in [6.07, 6.45) is 4.95. The number of nitrogens with one attached hydrogen (secondary N) is 1. The number of likely N-dealkylation sites (tertiary alicyclic amines) is 1. The van der Waals surface area contributed by atoms with E-state index in [9.17, 15) is 9.59 Å². The number of aromatic nitrogens is 2. The first-order chi connectivity index (χ1) is 13.2. The normalized spacial score (nSPS) is 16.1. The third kappa shape index (κ3) is 4.36. The molecule has 2 aromatic rings. The molecule has 0 unspecified atom stereocenters. The van der Waals surface area contributed by atoms with Crippen LogP contribution in [0.1, 0.15) is 18.4 Å². The Kier molecular flexibility index (Phi) is 6.24. The van der Waals surface area contributed by atoms with Crippen LogP contribution in [0.5, 0.6) is 0 Å². The van der Waals surface area contributed by atoms with Crippen molar-refractivity contribution in [1.29, 1.82) is 0 Å². The third-order valence-electron chi connectivity index (χ3n) is 5.10. The molecule has 3 rings (SSSR count). The van der Waals surface area contributed by atoms with E-state index in [0.29, 0.717) is 45.5 Å². The van der Waals surface area contributed by atoms with Gasteiger partial charge in [0.05, 0.1) is 13.0 Å². The maximum Gasteiger partial charge on any atom is 0.248 e. The Morgan fingerprint density at radius 2 is 1.93 bits per heavy atom. The second-order valence-electron chi connectivity index (χ2n) is 6.77. The van der Waals surface area contributed by atoms with Crippen LogP contribution in [-0.2, 0) is 26.3 Å². The molecular weight excluding hydrogens is 344 g/mol. The molecule has 1 fully saturated rings. The van der Waals surface area contributed by atoms with Crippen molar-refractivity contribution in [1.82, 2.24) is 20.0 Å². The fraction of sp³-hybridized carbons (Fsp3) is 0.450. The maximum absolute atomic E-state index is 12.9. The molecule has 0 spiro atoms. The molecule has 7 heteroatoms. The predicted molar refractivity (Wildman–Crippen MR) is 101 cm³/mol. The number of carbonyl (C=O) groups excluding carboxylic acids is 2. The minimum absolute atomic E-state index is 0.0709. The summed E-state index contributed by atoms with van der Waals surface area (Å²) in [4.78, 5) is 27.4. The number of ether oxygens (including phenoxy) is 1. The Labute approximate surface area is 159 Å². The van der Waals surface area contributed by atoms with Crippen LogP contribution in [0.2, 0.25) is 0 Å². The zero-order valence-electron chi connectivity index (χ0n) is 15.6. The Morgan fingerprint density at radius 3 is 2.56 bits per heavy atom. The number of methoxy groups -OCH3 is 1. The zero-order chi connectivity index (χ0) is 19.1. The molecule has 0 aliphatic carbocycles. The van der Waals surface area contributed by atoms with Crippen LogP contribution in [0.4, 0.5) is 0 Å². The highest BCUT2D eigenvalue weighted by molar-refractivity contribution is 5.85. The van der Waals surface area contributed by atoms with Gasteiger partial charge in [-0.15, -0.1) is 0 Å². The van der Waals surface area contributed by atoms with Gasteiger partial charge in [0.25, 0.3) is 0 Å². The second kappa shape index (κ2) is 8.81. The van der Waals surface area contributed by atoms with Gasteiger partial charge in [-0.25, -0.2) is 0 Å². The van der Waals surface area contributed by atoms with Crippen LogP contribution in [0, 0.1) is 0 Å². The van der Waals surface area contributed by atoms with E-state index in [-0.39, 0.29) is 11.8 Å². The molecule has 2 heterocycles. The summed E-state index contributed by atoms with van der Waals surface area (Å²) in [6.45, 7) is 1.98. The number of hydrogen-bond donors (Lipinski definition) is 1. The molecular formula is C20H26N4O3. The van der Waals surface area contributed by atoms with E-state index in [1.165, 1.54) is 0 Å². The van der Waals surface area contributed by atoms with Crippen LogP contribution < -0.4 is 5.32 Å². The van der Waals surface area contributed by atoms with E-state index in [1.54, 1.807) is 18.0 Å². The Hall–Kier alpha value is -2.67. The average Bonchev–Trinajstić information content (AvgIpc) is 3.24. The number of amides is 2. The molecule has 1 aromatic heterocycles. The summed E-state index contributed by atoms with van der Waals surface area (Å²) in [5, 5.41) is 7.26. The van der Waals surface area contributed by atoms with Gasteiger partial charge < -0.3 is 15.0 Å². The van der Waals surface area contributed by atoms with Crippen molar-refractivity contribution in [3.05, 3.63) is 54.4 Å². The number of nitrogens with zero attached hydrogens (tertiary/aromatic N) is 3. The van der Waals surface area contributed by atoms with Crippen LogP contribution in [0.15, 0.2) is 48.8 Å². The summed E-state index contributed by atoms with van der Waals surface area (Å²) in [6, 6.07) is 11.5. The van der Waals surface area contributed by atoms with E-state index in [1.807, 2.05) is 47.5 Å². The number of hydrogen-bond acceptors (Lipinski definition) is 4.